The van der Waals surface area contributed by atoms with Crippen molar-refractivity contribution in [3.05, 3.63) is 101 Å². The summed E-state index contributed by atoms with van der Waals surface area (Å²) in [6, 6.07) is 17.2. The highest BCUT2D eigenvalue weighted by molar-refractivity contribution is 8.03. The van der Waals surface area contributed by atoms with Crippen LogP contribution >= 0.6 is 11.8 Å². The van der Waals surface area contributed by atoms with Crippen LogP contribution in [0.3, 0.4) is 0 Å². The lowest BCUT2D eigenvalue weighted by molar-refractivity contribution is 0.408. The highest BCUT2D eigenvalue weighted by Gasteiger charge is 2.19. The largest absolute Gasteiger partial charge is 0.344 e. The van der Waals surface area contributed by atoms with E-state index in [1.807, 2.05) is 0 Å². The number of allylic oxidation sites excluding steroid dienone is 4. The van der Waals surface area contributed by atoms with Gasteiger partial charge in [-0.25, -0.2) is 0 Å². The lowest BCUT2D eigenvalue weighted by atomic mass is 9.83. The summed E-state index contributed by atoms with van der Waals surface area (Å²) in [5.74, 6) is 0.624. The van der Waals surface area contributed by atoms with Crippen molar-refractivity contribution < 1.29 is 0 Å². The first-order valence-electron chi connectivity index (χ1n) is 11.0. The molecule has 2 heteroatoms. The van der Waals surface area contributed by atoms with Gasteiger partial charge in [-0.1, -0.05) is 80.1 Å². The average molecular weight is 414 g/mol. The minimum Gasteiger partial charge on any atom is -0.344 e. The van der Waals surface area contributed by atoms with Gasteiger partial charge in [-0.05, 0) is 72.7 Å². The van der Waals surface area contributed by atoms with Gasteiger partial charge < -0.3 is 4.90 Å². The molecule has 2 aromatic carbocycles. The van der Waals surface area contributed by atoms with Crippen molar-refractivity contribution in [2.75, 3.05) is 11.9 Å². The molecule has 4 rings (SSSR count). The zero-order valence-electron chi connectivity index (χ0n) is 18.1. The molecule has 0 unspecified atom stereocenters. The smallest absolute Gasteiger partial charge is 0.0481 e. The van der Waals surface area contributed by atoms with Crippen molar-refractivity contribution in [3.63, 3.8) is 0 Å². The lowest BCUT2D eigenvalue weighted by Crippen LogP contribution is -2.19. The first-order chi connectivity index (χ1) is 14.6. The van der Waals surface area contributed by atoms with Crippen LogP contribution < -0.4 is 4.90 Å². The number of hydrogen-bond donors (Lipinski definition) is 0. The number of aryl methyl sites for hydroxylation is 1. The van der Waals surface area contributed by atoms with E-state index in [2.05, 4.69) is 98.3 Å². The van der Waals surface area contributed by atoms with Crippen LogP contribution in [0.25, 0.3) is 6.08 Å². The Hall–Kier alpha value is -2.45. The number of fused-ring (bicyclic) bond motifs is 1. The van der Waals surface area contributed by atoms with E-state index < -0.39 is 0 Å². The molecular weight excluding hydrogens is 382 g/mol. The van der Waals surface area contributed by atoms with Crippen molar-refractivity contribution in [2.24, 2.45) is 5.92 Å². The zero-order valence-corrected chi connectivity index (χ0v) is 18.9. The number of likely N-dealkylation sites (N-methyl/N-ethyl adjacent to an activating group) is 1. The third kappa shape index (κ3) is 4.82. The molecule has 1 saturated carbocycles. The molecule has 1 fully saturated rings. The number of nitrogens with zero attached hydrogens (tertiary/aromatic N) is 1. The summed E-state index contributed by atoms with van der Waals surface area (Å²) in [6.07, 6.45) is 15.8. The van der Waals surface area contributed by atoms with Crippen molar-refractivity contribution in [3.8, 4) is 0 Å². The zero-order chi connectivity index (χ0) is 20.9. The molecule has 0 bridgehead atoms. The Morgan fingerprint density at radius 1 is 1.00 bits per heavy atom. The normalized spacial score (nSPS) is 18.5. The van der Waals surface area contributed by atoms with Gasteiger partial charge in [-0.3, -0.25) is 0 Å². The van der Waals surface area contributed by atoms with Crippen LogP contribution in [-0.4, -0.2) is 7.05 Å². The fourth-order valence-electron chi connectivity index (χ4n) is 4.42. The molecule has 154 valence electrons. The fraction of sp³-hybridized carbons (Fsp3) is 0.286. The van der Waals surface area contributed by atoms with Gasteiger partial charge in [0.15, 0.2) is 0 Å². The van der Waals surface area contributed by atoms with Crippen molar-refractivity contribution in [1.29, 1.82) is 0 Å². The van der Waals surface area contributed by atoms with Crippen LogP contribution in [0.5, 0.6) is 0 Å². The predicted octanol–water partition coefficient (Wildman–Crippen LogP) is 8.15. The van der Waals surface area contributed by atoms with Crippen molar-refractivity contribution in [2.45, 2.75) is 43.9 Å². The number of thioether (sulfide) groups is 1. The topological polar surface area (TPSA) is 3.24 Å². The molecular formula is C28H31NS. The molecule has 0 radical (unpaired) electrons. The molecule has 0 N–H and O–H groups in total. The summed E-state index contributed by atoms with van der Waals surface area (Å²) in [7, 11) is 2.17. The fourth-order valence-corrected chi connectivity index (χ4v) is 5.27. The van der Waals surface area contributed by atoms with Crippen LogP contribution in [0.15, 0.2) is 94.4 Å². The molecule has 2 aromatic rings. The van der Waals surface area contributed by atoms with Crippen LogP contribution in [0, 0.1) is 12.8 Å². The third-order valence-electron chi connectivity index (χ3n) is 6.17. The minimum absolute atomic E-state index is 0.624. The van der Waals surface area contributed by atoms with Gasteiger partial charge in [0.1, 0.15) is 0 Å². The second-order valence-electron chi connectivity index (χ2n) is 8.33. The lowest BCUT2D eigenvalue weighted by Gasteiger charge is -2.29. The van der Waals surface area contributed by atoms with Crippen LogP contribution in [-0.2, 0) is 0 Å². The molecule has 0 saturated heterocycles. The van der Waals surface area contributed by atoms with E-state index in [1.165, 1.54) is 65.1 Å². The number of para-hydroxylation sites is 1. The number of anilines is 1. The molecule has 1 aliphatic carbocycles. The molecule has 30 heavy (non-hydrogen) atoms. The molecule has 1 aliphatic heterocycles. The highest BCUT2D eigenvalue weighted by Crippen LogP contribution is 2.37. The Morgan fingerprint density at radius 2 is 1.73 bits per heavy atom. The van der Waals surface area contributed by atoms with Crippen LogP contribution in [0.1, 0.15) is 43.2 Å². The highest BCUT2D eigenvalue weighted by atomic mass is 32.2. The van der Waals surface area contributed by atoms with Gasteiger partial charge in [0.05, 0.1) is 0 Å². The van der Waals surface area contributed by atoms with E-state index in [-0.39, 0.29) is 0 Å². The Morgan fingerprint density at radius 3 is 2.53 bits per heavy atom. The van der Waals surface area contributed by atoms with Crippen molar-refractivity contribution in [1.82, 2.24) is 0 Å². The van der Waals surface area contributed by atoms with Gasteiger partial charge in [-0.15, -0.1) is 0 Å². The first kappa shape index (κ1) is 20.8. The number of benzene rings is 2. The molecule has 0 spiro atoms. The van der Waals surface area contributed by atoms with Gasteiger partial charge in [-0.2, -0.15) is 0 Å². The maximum absolute atomic E-state index is 4.40. The molecule has 0 amide bonds. The molecule has 0 aromatic heterocycles. The Balaban J connectivity index is 1.63. The SMILES string of the molecule is C=C(/C=C(/C=C1\C=Cc2ccccc2N1C)C1CCCCC1)Sc1ccccc1C. The number of hydrogen-bond acceptors (Lipinski definition) is 2. The predicted molar refractivity (Wildman–Crippen MR) is 133 cm³/mol. The molecule has 2 aliphatic rings. The van der Waals surface area contributed by atoms with Gasteiger partial charge >= 0.3 is 0 Å². The summed E-state index contributed by atoms with van der Waals surface area (Å²) < 4.78 is 0. The number of rotatable bonds is 5. The molecule has 1 nitrogen and oxygen atoms in total. The first-order valence-corrected chi connectivity index (χ1v) is 11.8. The minimum atomic E-state index is 0.624. The molecule has 0 atom stereocenters. The van der Waals surface area contributed by atoms with E-state index >= 15 is 0 Å². The van der Waals surface area contributed by atoms with Crippen LogP contribution in [0.2, 0.25) is 0 Å². The summed E-state index contributed by atoms with van der Waals surface area (Å²) in [5.41, 5.74) is 6.52. The second kappa shape index (κ2) is 9.57. The summed E-state index contributed by atoms with van der Waals surface area (Å²) in [4.78, 5) is 4.71. The van der Waals surface area contributed by atoms with Crippen LogP contribution in [0.4, 0.5) is 5.69 Å². The Kier molecular flexibility index (Phi) is 6.64. The van der Waals surface area contributed by atoms with Gasteiger partial charge in [0, 0.05) is 28.2 Å². The maximum atomic E-state index is 4.40. The quantitative estimate of drug-likeness (QED) is 0.359. The second-order valence-corrected chi connectivity index (χ2v) is 9.50. The molecule has 1 heterocycles. The Labute approximate surface area is 185 Å². The van der Waals surface area contributed by atoms with E-state index in [1.54, 1.807) is 11.8 Å². The average Bonchev–Trinajstić information content (AvgIpc) is 2.77. The standard InChI is InChI=1S/C28H31NS/c1-21-11-7-10-16-28(21)30-22(2)19-25(23-12-5-4-6-13-23)20-26-18-17-24-14-8-9-15-27(24)29(26)3/h7-11,14-20,23H,2,4-6,12-13H2,1,3H3/b25-19-,26-20+. The summed E-state index contributed by atoms with van der Waals surface area (Å²) >= 11 is 1.78. The van der Waals surface area contributed by atoms with E-state index in [4.69, 9.17) is 0 Å². The summed E-state index contributed by atoms with van der Waals surface area (Å²) in [5, 5.41) is 0. The van der Waals surface area contributed by atoms with Gasteiger partial charge in [0.25, 0.3) is 0 Å². The maximum Gasteiger partial charge on any atom is 0.0481 e. The summed E-state index contributed by atoms with van der Waals surface area (Å²) in [6.45, 7) is 6.57. The Bertz CT molecular complexity index is 1000. The van der Waals surface area contributed by atoms with Gasteiger partial charge in [0.2, 0.25) is 0 Å². The van der Waals surface area contributed by atoms with E-state index in [0.29, 0.717) is 5.92 Å². The monoisotopic (exact) mass is 413 g/mol. The third-order valence-corrected chi connectivity index (χ3v) is 7.23. The van der Waals surface area contributed by atoms with Crippen molar-refractivity contribution >= 4 is 23.5 Å². The van der Waals surface area contributed by atoms with E-state index in [9.17, 15) is 0 Å². The van der Waals surface area contributed by atoms with E-state index in [0.717, 1.165) is 4.91 Å².